The van der Waals surface area contributed by atoms with Crippen LogP contribution in [0.25, 0.3) is 11.3 Å². The summed E-state index contributed by atoms with van der Waals surface area (Å²) in [5.74, 6) is -3.70. The lowest BCUT2D eigenvalue weighted by Crippen LogP contribution is -2.34. The highest BCUT2D eigenvalue weighted by molar-refractivity contribution is 5.63. The minimum Gasteiger partial charge on any atom is -0.383 e. The van der Waals surface area contributed by atoms with E-state index in [1.807, 2.05) is 4.90 Å². The van der Waals surface area contributed by atoms with Crippen LogP contribution in [-0.2, 0) is 18.1 Å². The lowest BCUT2D eigenvalue weighted by Gasteiger charge is -2.28. The molecule has 0 bridgehead atoms. The molecule has 6 rings (SSSR count). The van der Waals surface area contributed by atoms with Crippen LogP contribution in [0.15, 0.2) is 24.7 Å². The van der Waals surface area contributed by atoms with E-state index < -0.39 is 35.4 Å². The van der Waals surface area contributed by atoms with Crippen molar-refractivity contribution in [2.75, 3.05) is 18.8 Å². The van der Waals surface area contributed by atoms with Gasteiger partial charge in [0.1, 0.15) is 18.0 Å². The molecule has 0 unspecified atom stereocenters. The van der Waals surface area contributed by atoms with Crippen LogP contribution in [-0.4, -0.2) is 53.9 Å². The summed E-state index contributed by atoms with van der Waals surface area (Å²) in [6.07, 6.45) is -0.690. The third-order valence-electron chi connectivity index (χ3n) is 7.39. The fraction of sp³-hybridized carbons (Fsp3) is 0.524. The number of likely N-dealkylation sites (tertiary alicyclic amines) is 1. The molecule has 0 aromatic carbocycles. The maximum absolute atomic E-state index is 14.0. The molecule has 1 saturated heterocycles. The van der Waals surface area contributed by atoms with Gasteiger partial charge in [-0.1, -0.05) is 0 Å². The van der Waals surface area contributed by atoms with Gasteiger partial charge in [0, 0.05) is 42.4 Å². The van der Waals surface area contributed by atoms with Gasteiger partial charge in [-0.3, -0.25) is 14.7 Å². The van der Waals surface area contributed by atoms with E-state index in [0.717, 1.165) is 24.6 Å². The summed E-state index contributed by atoms with van der Waals surface area (Å²) in [6.45, 7) is 1.73. The molecule has 3 atom stereocenters. The molecule has 0 amide bonds. The lowest BCUT2D eigenvalue weighted by atomic mass is 9.82. The van der Waals surface area contributed by atoms with Crippen LogP contribution < -0.4 is 5.73 Å². The Hall–Kier alpha value is -3.09. The maximum Gasteiger partial charge on any atom is 0.419 e. The van der Waals surface area contributed by atoms with Crippen LogP contribution >= 0.6 is 0 Å². The number of pyridine rings is 1. The molecule has 3 aromatic heterocycles. The van der Waals surface area contributed by atoms with Crippen LogP contribution in [0.3, 0.4) is 0 Å². The third-order valence-corrected chi connectivity index (χ3v) is 7.39. The quantitative estimate of drug-likeness (QED) is 0.555. The molecule has 3 N–H and O–H groups in total. The van der Waals surface area contributed by atoms with E-state index in [9.17, 15) is 22.0 Å². The Bertz CT molecular complexity index is 1240. The number of nitrogens with zero attached hydrogens (tertiary/aromatic N) is 6. The van der Waals surface area contributed by atoms with E-state index >= 15 is 0 Å². The van der Waals surface area contributed by atoms with E-state index in [-0.39, 0.29) is 17.4 Å². The summed E-state index contributed by atoms with van der Waals surface area (Å²) in [4.78, 5) is 9.90. The number of anilines is 1. The zero-order chi connectivity index (χ0) is 23.9. The number of alkyl halides is 5. The highest BCUT2D eigenvalue weighted by Gasteiger charge is 2.63. The number of halogens is 5. The van der Waals surface area contributed by atoms with Crippen molar-refractivity contribution in [2.45, 2.75) is 49.4 Å². The van der Waals surface area contributed by atoms with Gasteiger partial charge in [-0.2, -0.15) is 23.4 Å². The first kappa shape index (κ1) is 21.4. The van der Waals surface area contributed by atoms with Gasteiger partial charge < -0.3 is 5.73 Å². The van der Waals surface area contributed by atoms with Crippen molar-refractivity contribution < 1.29 is 22.0 Å². The summed E-state index contributed by atoms with van der Waals surface area (Å²) in [5, 5.41) is 11.1. The average Bonchev–Trinajstić information content (AvgIpc) is 3.35. The molecule has 34 heavy (non-hydrogen) atoms. The normalized spacial score (nSPS) is 26.8. The molecule has 2 fully saturated rings. The summed E-state index contributed by atoms with van der Waals surface area (Å²) in [6, 6.07) is 2.19. The average molecular weight is 480 g/mol. The van der Waals surface area contributed by atoms with E-state index in [4.69, 9.17) is 5.73 Å². The highest BCUT2D eigenvalue weighted by atomic mass is 19.4. The Labute approximate surface area is 190 Å². The maximum atomic E-state index is 14.0. The van der Waals surface area contributed by atoms with Gasteiger partial charge in [0.15, 0.2) is 0 Å². The first-order valence-corrected chi connectivity index (χ1v) is 11.0. The number of hydrogen-bond acceptors (Lipinski definition) is 6. The lowest BCUT2D eigenvalue weighted by molar-refractivity contribution is -0.137. The molecule has 0 radical (unpaired) electrons. The van der Waals surface area contributed by atoms with Gasteiger partial charge in [0.05, 0.1) is 23.2 Å². The van der Waals surface area contributed by atoms with Gasteiger partial charge in [-0.25, -0.2) is 18.7 Å². The van der Waals surface area contributed by atoms with Crippen molar-refractivity contribution in [1.29, 1.82) is 0 Å². The Kier molecular flexibility index (Phi) is 4.39. The Morgan fingerprint density at radius 3 is 2.59 bits per heavy atom. The van der Waals surface area contributed by atoms with Gasteiger partial charge in [-0.15, -0.1) is 0 Å². The van der Waals surface area contributed by atoms with Gasteiger partial charge in [0.2, 0.25) is 0 Å². The predicted molar refractivity (Wildman–Crippen MR) is 110 cm³/mol. The van der Waals surface area contributed by atoms with Crippen molar-refractivity contribution in [2.24, 2.45) is 5.92 Å². The van der Waals surface area contributed by atoms with Crippen molar-refractivity contribution in [3.8, 4) is 11.3 Å². The smallest absolute Gasteiger partial charge is 0.383 e. The number of aromatic nitrogens is 6. The second kappa shape index (κ2) is 6.96. The van der Waals surface area contributed by atoms with Gasteiger partial charge in [-0.05, 0) is 31.5 Å². The summed E-state index contributed by atoms with van der Waals surface area (Å²) >= 11 is 0. The van der Waals surface area contributed by atoms with Crippen molar-refractivity contribution in [1.82, 2.24) is 34.8 Å². The van der Waals surface area contributed by atoms with Crippen molar-refractivity contribution in [3.63, 3.8) is 0 Å². The van der Waals surface area contributed by atoms with Crippen LogP contribution in [0.2, 0.25) is 0 Å². The van der Waals surface area contributed by atoms with E-state index in [0.29, 0.717) is 31.2 Å². The van der Waals surface area contributed by atoms with Crippen LogP contribution in [0, 0.1) is 5.92 Å². The van der Waals surface area contributed by atoms with Gasteiger partial charge >= 0.3 is 6.18 Å². The molecule has 3 aliphatic rings. The first-order valence-electron chi connectivity index (χ1n) is 11.0. The van der Waals surface area contributed by atoms with Crippen LogP contribution in [0.1, 0.15) is 42.4 Å². The first-order chi connectivity index (χ1) is 16.1. The third kappa shape index (κ3) is 3.28. The topological polar surface area (TPSA) is 102 Å². The number of nitrogen functional groups attached to an aromatic ring is 1. The number of aromatic amines is 1. The molecule has 2 aliphatic heterocycles. The zero-order valence-electron chi connectivity index (χ0n) is 17.9. The standard InChI is InChI=1S/C21H21F5N8/c22-20(23)7-13(20)16(18-29-10-30-31-18)33-3-1-19(9-33)2-4-34-15(19)6-14(32-34)11-5-12(21(24,25)26)17(27)28-8-11/h5-6,8,10,13,16H,1-4,7,9H2,(H2,27,28)(H,29,30,31)/t13-,16-,19-/m1/s1. The minimum atomic E-state index is -4.62. The molecule has 1 saturated carbocycles. The Morgan fingerprint density at radius 1 is 1.15 bits per heavy atom. The number of hydrogen-bond donors (Lipinski definition) is 2. The zero-order valence-corrected chi connectivity index (χ0v) is 17.9. The number of H-pyrrole nitrogens is 1. The van der Waals surface area contributed by atoms with Gasteiger partial charge in [0.25, 0.3) is 5.92 Å². The number of nitrogens with two attached hydrogens (primary N) is 1. The van der Waals surface area contributed by atoms with Crippen molar-refractivity contribution >= 4 is 5.82 Å². The fourth-order valence-electron chi connectivity index (χ4n) is 5.55. The SMILES string of the molecule is Nc1ncc(-c2cc3n(n2)CC[C@@]32CCN([C@@H](c3ncn[nH]3)[C@H]3CC3(F)F)C2)cc1C(F)(F)F. The molecular weight excluding hydrogens is 459 g/mol. The second-order valence-corrected chi connectivity index (χ2v) is 9.43. The number of nitrogens with one attached hydrogen (secondary N) is 1. The number of rotatable bonds is 4. The number of aryl methyl sites for hydroxylation is 1. The Morgan fingerprint density at radius 2 is 1.91 bits per heavy atom. The Balaban J connectivity index is 1.30. The van der Waals surface area contributed by atoms with Crippen LogP contribution in [0.4, 0.5) is 27.8 Å². The van der Waals surface area contributed by atoms with Crippen molar-refractivity contribution in [3.05, 3.63) is 41.7 Å². The van der Waals surface area contributed by atoms with E-state index in [1.165, 1.54) is 12.5 Å². The predicted octanol–water partition coefficient (Wildman–Crippen LogP) is 3.41. The molecule has 1 aliphatic carbocycles. The summed E-state index contributed by atoms with van der Waals surface area (Å²) < 4.78 is 69.7. The number of fused-ring (bicyclic) bond motifs is 2. The van der Waals surface area contributed by atoms with E-state index in [1.54, 1.807) is 10.7 Å². The highest BCUT2D eigenvalue weighted by Crippen LogP contribution is 2.58. The fourth-order valence-corrected chi connectivity index (χ4v) is 5.55. The molecule has 8 nitrogen and oxygen atoms in total. The molecule has 180 valence electrons. The molecule has 1 spiro atoms. The molecule has 13 heteroatoms. The molecule has 5 heterocycles. The molecular formula is C21H21F5N8. The summed E-state index contributed by atoms with van der Waals surface area (Å²) in [7, 11) is 0. The second-order valence-electron chi connectivity index (χ2n) is 9.43. The van der Waals surface area contributed by atoms with Crippen LogP contribution in [0.5, 0.6) is 0 Å². The van der Waals surface area contributed by atoms with E-state index in [2.05, 4.69) is 25.3 Å². The molecule has 3 aromatic rings. The monoisotopic (exact) mass is 480 g/mol. The largest absolute Gasteiger partial charge is 0.419 e. The minimum absolute atomic E-state index is 0.185. The summed E-state index contributed by atoms with van der Waals surface area (Å²) in [5.41, 5.74) is 5.61.